The summed E-state index contributed by atoms with van der Waals surface area (Å²) in [5.74, 6) is -0.660. The molecule has 33 heavy (non-hydrogen) atoms. The highest BCUT2D eigenvalue weighted by Gasteiger charge is 2.43. The minimum Gasteiger partial charge on any atom is -0.443 e. The number of fused-ring (bicyclic) bond motifs is 1. The van der Waals surface area contributed by atoms with E-state index in [4.69, 9.17) is 4.74 Å². The molecule has 3 aromatic carbocycles. The highest BCUT2D eigenvalue weighted by Crippen LogP contribution is 2.30. The van der Waals surface area contributed by atoms with E-state index < -0.39 is 28.1 Å². The summed E-state index contributed by atoms with van der Waals surface area (Å²) >= 11 is 4.39. The Bertz CT molecular complexity index is 1270. The van der Waals surface area contributed by atoms with Gasteiger partial charge in [0, 0.05) is 11.8 Å². The number of thiol groups is 1. The van der Waals surface area contributed by atoms with Crippen molar-refractivity contribution in [1.82, 2.24) is 15.2 Å². The van der Waals surface area contributed by atoms with E-state index in [0.29, 0.717) is 0 Å². The van der Waals surface area contributed by atoms with Gasteiger partial charge in [0.2, 0.25) is 10.0 Å². The third-order valence-electron chi connectivity index (χ3n) is 5.36. The zero-order valence-corrected chi connectivity index (χ0v) is 19.3. The maximum Gasteiger partial charge on any atom is 0.426 e. The van der Waals surface area contributed by atoms with E-state index in [9.17, 15) is 18.0 Å². The van der Waals surface area contributed by atoms with Gasteiger partial charge in [0.25, 0.3) is 5.91 Å². The molecule has 0 saturated carbocycles. The van der Waals surface area contributed by atoms with E-state index in [1.54, 1.807) is 24.3 Å². The van der Waals surface area contributed by atoms with Gasteiger partial charge in [-0.3, -0.25) is 10.2 Å². The van der Waals surface area contributed by atoms with Crippen molar-refractivity contribution in [3.8, 4) is 0 Å². The molecule has 1 fully saturated rings. The molecule has 1 aliphatic heterocycles. The molecule has 172 valence electrons. The minimum absolute atomic E-state index is 0.0349. The molecule has 3 aromatic rings. The van der Waals surface area contributed by atoms with Crippen molar-refractivity contribution in [3.05, 3.63) is 78.4 Å². The Morgan fingerprint density at radius 3 is 2.42 bits per heavy atom. The Kier molecular flexibility index (Phi) is 6.87. The lowest BCUT2D eigenvalue weighted by atomic mass is 10.1. The zero-order valence-electron chi connectivity index (χ0n) is 17.5. The summed E-state index contributed by atoms with van der Waals surface area (Å²) < 4.78 is 32.9. The molecule has 8 nitrogen and oxygen atoms in total. The van der Waals surface area contributed by atoms with E-state index in [2.05, 4.69) is 23.5 Å². The Morgan fingerprint density at radius 1 is 0.970 bits per heavy atom. The number of carbonyl (C=O) groups excluding carboxylic acids is 2. The fraction of sp³-hybridized carbons (Fsp3) is 0.217. The second kappa shape index (κ2) is 9.82. The number of hydrazine groups is 1. The molecular weight excluding hydrogens is 462 g/mol. The van der Waals surface area contributed by atoms with Gasteiger partial charge < -0.3 is 4.74 Å². The monoisotopic (exact) mass is 485 g/mol. The molecule has 1 heterocycles. The first-order valence-corrected chi connectivity index (χ1v) is 12.3. The van der Waals surface area contributed by atoms with Crippen LogP contribution in [0.3, 0.4) is 0 Å². The van der Waals surface area contributed by atoms with Crippen LogP contribution in [0.5, 0.6) is 0 Å². The molecule has 10 heteroatoms. The number of benzene rings is 3. The molecule has 2 atom stereocenters. The summed E-state index contributed by atoms with van der Waals surface area (Å²) in [6.07, 6.45) is -0.640. The maximum atomic E-state index is 13.3. The van der Waals surface area contributed by atoms with Gasteiger partial charge in [0.1, 0.15) is 12.6 Å². The fourth-order valence-corrected chi connectivity index (χ4v) is 5.87. The lowest BCUT2D eigenvalue weighted by Gasteiger charge is -2.23. The van der Waals surface area contributed by atoms with Crippen LogP contribution in [0.25, 0.3) is 10.8 Å². The van der Waals surface area contributed by atoms with Gasteiger partial charge in [-0.2, -0.15) is 16.9 Å². The highest BCUT2D eigenvalue weighted by atomic mass is 32.2. The molecule has 0 bridgehead atoms. The molecule has 0 spiro atoms. The van der Waals surface area contributed by atoms with Gasteiger partial charge in [-0.05, 0) is 34.9 Å². The second-order valence-corrected chi connectivity index (χ2v) is 10.3. The molecule has 0 aliphatic carbocycles. The summed E-state index contributed by atoms with van der Waals surface area (Å²) in [5, 5.41) is 1.38. The van der Waals surface area contributed by atoms with Crippen molar-refractivity contribution in [1.29, 1.82) is 0 Å². The van der Waals surface area contributed by atoms with Crippen LogP contribution in [0.15, 0.2) is 77.7 Å². The van der Waals surface area contributed by atoms with Crippen molar-refractivity contribution in [2.24, 2.45) is 0 Å². The van der Waals surface area contributed by atoms with Crippen LogP contribution in [0.1, 0.15) is 12.0 Å². The number of nitrogens with zero attached hydrogens (tertiary/aromatic N) is 1. The van der Waals surface area contributed by atoms with E-state index in [0.717, 1.165) is 20.6 Å². The van der Waals surface area contributed by atoms with Crippen LogP contribution >= 0.6 is 12.6 Å². The third kappa shape index (κ3) is 5.29. The normalized spacial score (nSPS) is 18.7. The van der Waals surface area contributed by atoms with Crippen molar-refractivity contribution in [3.63, 3.8) is 0 Å². The number of hydrogen-bond donors (Lipinski definition) is 3. The van der Waals surface area contributed by atoms with Crippen LogP contribution in [0.4, 0.5) is 4.79 Å². The van der Waals surface area contributed by atoms with Gasteiger partial charge in [0.15, 0.2) is 0 Å². The number of sulfonamides is 1. The number of carbonyl (C=O) groups is 2. The van der Waals surface area contributed by atoms with Gasteiger partial charge in [0.05, 0.1) is 4.90 Å². The Hall–Kier alpha value is -3.08. The molecule has 2 amide bonds. The zero-order chi connectivity index (χ0) is 23.4. The molecule has 1 aliphatic rings. The predicted octanol–water partition coefficient (Wildman–Crippen LogP) is 2.86. The van der Waals surface area contributed by atoms with Crippen molar-refractivity contribution in [2.75, 3.05) is 6.54 Å². The summed E-state index contributed by atoms with van der Waals surface area (Å²) in [7, 11) is -3.96. The van der Waals surface area contributed by atoms with Crippen LogP contribution in [0.2, 0.25) is 0 Å². The summed E-state index contributed by atoms with van der Waals surface area (Å²) in [4.78, 5) is 24.8. The average molecular weight is 486 g/mol. The van der Waals surface area contributed by atoms with Gasteiger partial charge >= 0.3 is 6.09 Å². The van der Waals surface area contributed by atoms with E-state index in [-0.39, 0.29) is 29.7 Å². The Balaban J connectivity index is 1.42. The van der Waals surface area contributed by atoms with Crippen LogP contribution in [-0.4, -0.2) is 42.6 Å². The van der Waals surface area contributed by atoms with Crippen LogP contribution < -0.4 is 10.9 Å². The molecule has 0 aromatic heterocycles. The molecule has 4 rings (SSSR count). The van der Waals surface area contributed by atoms with Crippen LogP contribution in [-0.2, 0) is 26.2 Å². The van der Waals surface area contributed by atoms with Gasteiger partial charge in [-0.15, -0.1) is 0 Å². The smallest absolute Gasteiger partial charge is 0.426 e. The number of amides is 2. The Labute approximate surface area is 197 Å². The maximum absolute atomic E-state index is 13.3. The summed E-state index contributed by atoms with van der Waals surface area (Å²) in [6.45, 7) is 0.113. The molecule has 2 N–H and O–H groups in total. The van der Waals surface area contributed by atoms with Gasteiger partial charge in [-0.25, -0.2) is 18.6 Å². The first-order valence-electron chi connectivity index (χ1n) is 10.3. The molecule has 0 unspecified atom stereocenters. The minimum atomic E-state index is -3.96. The molecule has 0 radical (unpaired) electrons. The predicted molar refractivity (Wildman–Crippen MR) is 127 cm³/mol. The first kappa shape index (κ1) is 23.1. The van der Waals surface area contributed by atoms with E-state index >= 15 is 0 Å². The van der Waals surface area contributed by atoms with Crippen molar-refractivity contribution < 1.29 is 22.7 Å². The lowest BCUT2D eigenvalue weighted by Crippen LogP contribution is -2.51. The van der Waals surface area contributed by atoms with Crippen molar-refractivity contribution in [2.45, 2.75) is 29.2 Å². The fourth-order valence-electron chi connectivity index (χ4n) is 3.71. The molecular formula is C23H23N3O5S2. The molecule has 1 saturated heterocycles. The quantitative estimate of drug-likeness (QED) is 0.381. The summed E-state index contributed by atoms with van der Waals surface area (Å²) in [5.41, 5.74) is 5.23. The topological polar surface area (TPSA) is 105 Å². The van der Waals surface area contributed by atoms with E-state index in [1.165, 1.54) is 6.07 Å². The SMILES string of the molecule is O=C(NNC(=O)[C@@H]1C[C@@H](S)CN1S(=O)(=O)c1ccc2ccccc2c1)OCc1ccccc1. The van der Waals surface area contributed by atoms with Gasteiger partial charge in [-0.1, -0.05) is 60.7 Å². The largest absolute Gasteiger partial charge is 0.443 e. The van der Waals surface area contributed by atoms with Crippen LogP contribution in [0, 0.1) is 0 Å². The van der Waals surface area contributed by atoms with E-state index in [1.807, 2.05) is 42.5 Å². The standard InChI is InChI=1S/C23H23N3O5S2/c27-22(24-25-23(28)31-15-16-6-2-1-3-7-16)21-13-19(32)14-26(21)33(29,30)20-11-10-17-8-4-5-9-18(17)12-20/h1-12,19,21,32H,13-15H2,(H,24,27)(H,25,28)/t19-,21+/m1/s1. The number of nitrogens with one attached hydrogen (secondary N) is 2. The third-order valence-corrected chi connectivity index (χ3v) is 7.61. The highest BCUT2D eigenvalue weighted by molar-refractivity contribution is 7.89. The number of hydrogen-bond acceptors (Lipinski definition) is 6. The average Bonchev–Trinajstić information content (AvgIpc) is 3.24. The first-order chi connectivity index (χ1) is 15.8. The van der Waals surface area contributed by atoms with Crippen molar-refractivity contribution >= 4 is 45.4 Å². The number of rotatable bonds is 5. The Morgan fingerprint density at radius 2 is 1.67 bits per heavy atom. The lowest BCUT2D eigenvalue weighted by molar-refractivity contribution is -0.125. The summed E-state index contributed by atoms with van der Waals surface area (Å²) in [6, 6.07) is 20.3. The number of ether oxygens (including phenoxy) is 1. The second-order valence-electron chi connectivity index (χ2n) is 7.66.